The van der Waals surface area contributed by atoms with E-state index in [1.54, 1.807) is 23.1 Å². The van der Waals surface area contributed by atoms with Gasteiger partial charge in [-0.15, -0.1) is 0 Å². The van der Waals surface area contributed by atoms with Gasteiger partial charge < -0.3 is 25.4 Å². The fraction of sp³-hybridized carbons (Fsp3) is 0.394. The quantitative estimate of drug-likeness (QED) is 0.300. The van der Waals surface area contributed by atoms with Crippen LogP contribution in [0.2, 0.25) is 0 Å². The first-order valence-corrected chi connectivity index (χ1v) is 14.6. The highest BCUT2D eigenvalue weighted by Gasteiger charge is 2.32. The molecule has 2 aliphatic heterocycles. The average Bonchev–Trinajstić information content (AvgIpc) is 3.42. The van der Waals surface area contributed by atoms with Crippen molar-refractivity contribution in [3.05, 3.63) is 94.5 Å². The summed E-state index contributed by atoms with van der Waals surface area (Å²) in [4.78, 5) is 28.0. The Morgan fingerprint density at radius 2 is 1.86 bits per heavy atom. The van der Waals surface area contributed by atoms with Crippen molar-refractivity contribution in [2.24, 2.45) is 0 Å². The van der Waals surface area contributed by atoms with Crippen LogP contribution in [0.25, 0.3) is 0 Å². The summed E-state index contributed by atoms with van der Waals surface area (Å²) in [7, 11) is 0. The molecule has 1 unspecified atom stereocenters. The third-order valence-corrected chi connectivity index (χ3v) is 8.07. The van der Waals surface area contributed by atoms with E-state index >= 15 is 0 Å². The highest BCUT2D eigenvalue weighted by Crippen LogP contribution is 2.43. The molecule has 43 heavy (non-hydrogen) atoms. The lowest BCUT2D eigenvalue weighted by Crippen LogP contribution is -2.48. The fourth-order valence-electron chi connectivity index (χ4n) is 5.65. The van der Waals surface area contributed by atoms with Crippen molar-refractivity contribution < 1.29 is 32.6 Å². The standard InChI is InChI=1S/C33H36F3N3O4/c1-21-12-14-43-31-26(21)17-24(18-28(31)39-13-6-11-30(39)41)32(42)38-27(16-22-7-3-2-4-8-22)29(40)20-37-19-23-9-5-10-25(15-23)33(34,35)36/h2-5,7-10,15,17-18,21,27,29,37,40H,6,11-14,16,19-20H2,1H3,(H,38,42)/t21?,27-,29+/m0/s1. The molecule has 0 radical (unpaired) electrons. The van der Waals surface area contributed by atoms with Gasteiger partial charge in [-0.3, -0.25) is 9.59 Å². The molecule has 3 atom stereocenters. The molecule has 5 rings (SSSR count). The largest absolute Gasteiger partial charge is 0.491 e. The van der Waals surface area contributed by atoms with Gasteiger partial charge in [0.1, 0.15) is 5.75 Å². The first-order chi connectivity index (χ1) is 20.6. The Bertz CT molecular complexity index is 1450. The van der Waals surface area contributed by atoms with E-state index in [9.17, 15) is 27.9 Å². The minimum absolute atomic E-state index is 0.00851. The molecule has 2 aliphatic rings. The molecule has 3 N–H and O–H groups in total. The first-order valence-electron chi connectivity index (χ1n) is 14.6. The van der Waals surface area contributed by atoms with Crippen LogP contribution in [-0.2, 0) is 23.9 Å². The molecule has 1 fully saturated rings. The van der Waals surface area contributed by atoms with Crippen molar-refractivity contribution in [1.29, 1.82) is 0 Å². The minimum Gasteiger partial charge on any atom is -0.491 e. The van der Waals surface area contributed by atoms with Crippen molar-refractivity contribution in [3.8, 4) is 5.75 Å². The molecule has 7 nitrogen and oxygen atoms in total. The smallest absolute Gasteiger partial charge is 0.416 e. The second-order valence-electron chi connectivity index (χ2n) is 11.3. The van der Waals surface area contributed by atoms with Crippen LogP contribution in [0.15, 0.2) is 66.7 Å². The number of rotatable bonds is 10. The number of carbonyl (C=O) groups excluding carboxylic acids is 2. The van der Waals surface area contributed by atoms with Gasteiger partial charge in [0.15, 0.2) is 0 Å². The van der Waals surface area contributed by atoms with Crippen LogP contribution in [0, 0.1) is 0 Å². The van der Waals surface area contributed by atoms with E-state index in [1.807, 2.05) is 30.3 Å². The number of ether oxygens (including phenoxy) is 1. The number of nitrogens with zero attached hydrogens (tertiary/aromatic N) is 1. The van der Waals surface area contributed by atoms with Crippen molar-refractivity contribution in [3.63, 3.8) is 0 Å². The zero-order valence-corrected chi connectivity index (χ0v) is 24.0. The number of anilines is 1. The lowest BCUT2D eigenvalue weighted by Gasteiger charge is -2.30. The maximum Gasteiger partial charge on any atom is 0.416 e. The van der Waals surface area contributed by atoms with Crippen molar-refractivity contribution in [1.82, 2.24) is 10.6 Å². The third kappa shape index (κ3) is 7.37. The number of hydrogen-bond acceptors (Lipinski definition) is 5. The molecule has 1 saturated heterocycles. The number of carbonyl (C=O) groups is 2. The van der Waals surface area contributed by atoms with Crippen molar-refractivity contribution in [2.45, 2.75) is 63.4 Å². The monoisotopic (exact) mass is 595 g/mol. The molecule has 2 amide bonds. The molecule has 0 spiro atoms. The summed E-state index contributed by atoms with van der Waals surface area (Å²) in [6, 6.07) is 17.2. The normalized spacial score (nSPS) is 18.1. The number of amides is 2. The molecule has 228 valence electrons. The number of aliphatic hydroxyl groups is 1. The van der Waals surface area contributed by atoms with Crippen LogP contribution in [0.3, 0.4) is 0 Å². The van der Waals surface area contributed by atoms with Crippen LogP contribution in [0.1, 0.15) is 64.7 Å². The molecular formula is C33H36F3N3O4. The topological polar surface area (TPSA) is 90.9 Å². The highest BCUT2D eigenvalue weighted by atomic mass is 19.4. The molecule has 0 saturated carbocycles. The maximum atomic E-state index is 13.7. The van der Waals surface area contributed by atoms with E-state index in [2.05, 4.69) is 17.6 Å². The van der Waals surface area contributed by atoms with Crippen LogP contribution in [0.5, 0.6) is 5.75 Å². The molecule has 0 aliphatic carbocycles. The minimum atomic E-state index is -4.44. The molecule has 3 aromatic carbocycles. The zero-order valence-electron chi connectivity index (χ0n) is 24.0. The summed E-state index contributed by atoms with van der Waals surface area (Å²) in [6.07, 6.45) is -3.19. The maximum absolute atomic E-state index is 13.7. The van der Waals surface area contributed by atoms with E-state index in [0.29, 0.717) is 48.6 Å². The summed E-state index contributed by atoms with van der Waals surface area (Å²) < 4.78 is 45.3. The molecule has 0 bridgehead atoms. The van der Waals surface area contributed by atoms with Crippen LogP contribution in [0.4, 0.5) is 18.9 Å². The zero-order chi connectivity index (χ0) is 30.6. The molecule has 10 heteroatoms. The third-order valence-electron chi connectivity index (χ3n) is 8.07. The number of fused-ring (bicyclic) bond motifs is 1. The summed E-state index contributed by atoms with van der Waals surface area (Å²) in [5.41, 5.74) is 2.44. The van der Waals surface area contributed by atoms with Crippen LogP contribution >= 0.6 is 0 Å². The van der Waals surface area contributed by atoms with E-state index in [1.165, 1.54) is 6.07 Å². The van der Waals surface area contributed by atoms with Gasteiger partial charge in [-0.05, 0) is 54.5 Å². The van der Waals surface area contributed by atoms with Gasteiger partial charge in [0.05, 0.1) is 30.0 Å². The van der Waals surface area contributed by atoms with Gasteiger partial charge >= 0.3 is 6.18 Å². The summed E-state index contributed by atoms with van der Waals surface area (Å²) in [5.74, 6) is 0.376. The Morgan fingerprint density at radius 3 is 2.58 bits per heavy atom. The van der Waals surface area contributed by atoms with Gasteiger partial charge in [-0.1, -0.05) is 55.5 Å². The Kier molecular flexibility index (Phi) is 9.37. The number of aliphatic hydroxyl groups excluding tert-OH is 1. The lowest BCUT2D eigenvalue weighted by molar-refractivity contribution is -0.137. The van der Waals surface area contributed by atoms with E-state index in [0.717, 1.165) is 36.1 Å². The van der Waals surface area contributed by atoms with Crippen molar-refractivity contribution >= 4 is 17.5 Å². The first kappa shape index (κ1) is 30.6. The van der Waals surface area contributed by atoms with E-state index < -0.39 is 29.8 Å². The number of benzene rings is 3. The molecule has 2 heterocycles. The molecule has 3 aromatic rings. The molecule has 0 aromatic heterocycles. The Hall–Kier alpha value is -3.89. The predicted molar refractivity (Wildman–Crippen MR) is 157 cm³/mol. The van der Waals surface area contributed by atoms with E-state index in [4.69, 9.17) is 4.74 Å². The number of halogens is 3. The van der Waals surface area contributed by atoms with Crippen LogP contribution in [-0.4, -0.2) is 48.8 Å². The SMILES string of the molecule is CC1CCOc2c1cc(C(=O)N[C@@H](Cc1ccccc1)[C@H](O)CNCc1cccc(C(F)(F)F)c1)cc2N1CCCC1=O. The van der Waals surface area contributed by atoms with Gasteiger partial charge in [-0.2, -0.15) is 13.2 Å². The second-order valence-corrected chi connectivity index (χ2v) is 11.3. The number of alkyl halides is 3. The molecular weight excluding hydrogens is 559 g/mol. The van der Waals surface area contributed by atoms with Gasteiger partial charge in [0, 0.05) is 37.2 Å². The Morgan fingerprint density at radius 1 is 1.09 bits per heavy atom. The van der Waals surface area contributed by atoms with Gasteiger partial charge in [0.2, 0.25) is 5.91 Å². The van der Waals surface area contributed by atoms with Crippen molar-refractivity contribution in [2.75, 3.05) is 24.6 Å². The predicted octanol–water partition coefficient (Wildman–Crippen LogP) is 5.21. The fourth-order valence-corrected chi connectivity index (χ4v) is 5.65. The summed E-state index contributed by atoms with van der Waals surface area (Å²) >= 11 is 0. The lowest BCUT2D eigenvalue weighted by atomic mass is 9.91. The van der Waals surface area contributed by atoms with E-state index in [-0.39, 0.29) is 24.9 Å². The van der Waals surface area contributed by atoms with Gasteiger partial charge in [0.25, 0.3) is 5.91 Å². The number of hydrogen-bond donors (Lipinski definition) is 3. The van der Waals surface area contributed by atoms with Crippen LogP contribution < -0.4 is 20.3 Å². The second kappa shape index (κ2) is 13.2. The Labute approximate surface area is 249 Å². The highest BCUT2D eigenvalue weighted by molar-refractivity contribution is 6.01. The van der Waals surface area contributed by atoms with Gasteiger partial charge in [-0.25, -0.2) is 0 Å². The number of nitrogens with one attached hydrogen (secondary N) is 2. The average molecular weight is 596 g/mol. The summed E-state index contributed by atoms with van der Waals surface area (Å²) in [6.45, 7) is 3.31. The Balaban J connectivity index is 1.34. The summed E-state index contributed by atoms with van der Waals surface area (Å²) in [5, 5.41) is 17.2.